The molecule has 0 aromatic heterocycles. The van der Waals surface area contributed by atoms with Crippen molar-refractivity contribution in [3.8, 4) is 0 Å². The van der Waals surface area contributed by atoms with Crippen LogP contribution in [0.1, 0.15) is 21.3 Å². The lowest BCUT2D eigenvalue weighted by Gasteiger charge is -1.92. The Balaban J connectivity index is 0. The van der Waals surface area contributed by atoms with Crippen LogP contribution in [-0.4, -0.2) is 0 Å². The van der Waals surface area contributed by atoms with E-state index in [1.807, 2.05) is 44.2 Å². The molecule has 0 unspecified atom stereocenters. The van der Waals surface area contributed by atoms with E-state index in [1.54, 1.807) is 0 Å². The van der Waals surface area contributed by atoms with Crippen LogP contribution in [0.5, 0.6) is 0 Å². The maximum atomic E-state index is 3.86. The minimum Gasteiger partial charge on any atom is -0.332 e. The number of anilines is 1. The molecular weight excluding hydrogens is 154 g/mol. The molecule has 0 aliphatic heterocycles. The van der Waals surface area contributed by atoms with E-state index in [1.165, 1.54) is 0 Å². The molecule has 1 aromatic carbocycles. The van der Waals surface area contributed by atoms with Crippen molar-refractivity contribution >= 4 is 18.5 Å². The molecule has 0 atom stereocenters. The molecule has 0 heterocycles. The van der Waals surface area contributed by atoms with E-state index in [0.717, 1.165) is 5.69 Å². The summed E-state index contributed by atoms with van der Waals surface area (Å²) in [5.41, 5.74) is 1.02. The van der Waals surface area contributed by atoms with Crippen molar-refractivity contribution in [1.82, 2.24) is 0 Å². The van der Waals surface area contributed by atoms with Gasteiger partial charge in [-0.15, -0.1) is 0 Å². The number of nitrogens with one attached hydrogen (secondary N) is 1. The van der Waals surface area contributed by atoms with Gasteiger partial charge in [0.15, 0.2) is 0 Å². The van der Waals surface area contributed by atoms with Crippen LogP contribution in [0.4, 0.5) is 5.69 Å². The molecule has 0 bridgehead atoms. The minimum absolute atomic E-state index is 0. The first-order chi connectivity index (χ1) is 4.93. The number of thiol groups is 1. The Morgan fingerprint density at radius 1 is 1.09 bits per heavy atom. The van der Waals surface area contributed by atoms with Gasteiger partial charge in [0.25, 0.3) is 0 Å². The molecule has 0 saturated carbocycles. The number of rotatable bonds is 1. The number of hydrogen-bond acceptors (Lipinski definition) is 2. The fraction of sp³-hybridized carbons (Fsp3) is 0.333. The fourth-order valence-electron chi connectivity index (χ4n) is 0.513. The lowest BCUT2D eigenvalue weighted by molar-refractivity contribution is 1.50. The standard InChI is InChI=1S/C6H7NS.C2H6.CH4/c8-7-6-4-2-1-3-5-6;1-2;/h1-5,7-8H;1-2H3;1H4. The Morgan fingerprint density at radius 2 is 1.55 bits per heavy atom. The lowest BCUT2D eigenvalue weighted by Crippen LogP contribution is -1.75. The second-order valence-corrected chi connectivity index (χ2v) is 1.70. The third-order valence-electron chi connectivity index (χ3n) is 0.903. The highest BCUT2D eigenvalue weighted by molar-refractivity contribution is 7.81. The summed E-state index contributed by atoms with van der Waals surface area (Å²) in [5, 5.41) is 0. The third kappa shape index (κ3) is 5.80. The summed E-state index contributed by atoms with van der Waals surface area (Å²) in [6, 6.07) is 9.78. The SMILES string of the molecule is C.CC.SNc1ccccc1. The molecule has 0 amide bonds. The van der Waals surface area contributed by atoms with Gasteiger partial charge in [0.1, 0.15) is 0 Å². The van der Waals surface area contributed by atoms with Crippen LogP contribution in [0, 0.1) is 0 Å². The predicted octanol–water partition coefficient (Wildman–Crippen LogP) is 3.61. The van der Waals surface area contributed by atoms with Gasteiger partial charge in [-0.1, -0.05) is 52.3 Å². The quantitative estimate of drug-likeness (QED) is 0.615. The monoisotopic (exact) mass is 171 g/mol. The van der Waals surface area contributed by atoms with Crippen LogP contribution >= 0.6 is 12.8 Å². The van der Waals surface area contributed by atoms with Crippen LogP contribution < -0.4 is 4.72 Å². The molecule has 1 N–H and O–H groups in total. The highest BCUT2D eigenvalue weighted by Gasteiger charge is 1.78. The van der Waals surface area contributed by atoms with Gasteiger partial charge in [-0.25, -0.2) is 0 Å². The molecular formula is C9H17NS. The Morgan fingerprint density at radius 3 is 1.82 bits per heavy atom. The van der Waals surface area contributed by atoms with E-state index < -0.39 is 0 Å². The third-order valence-corrected chi connectivity index (χ3v) is 1.16. The average Bonchev–Trinajstić information content (AvgIpc) is 2.10. The van der Waals surface area contributed by atoms with Crippen molar-refractivity contribution in [1.29, 1.82) is 0 Å². The molecule has 0 radical (unpaired) electrons. The van der Waals surface area contributed by atoms with Gasteiger partial charge in [0.2, 0.25) is 0 Å². The van der Waals surface area contributed by atoms with E-state index in [2.05, 4.69) is 17.5 Å². The average molecular weight is 171 g/mol. The summed E-state index contributed by atoms with van der Waals surface area (Å²) < 4.78 is 2.72. The van der Waals surface area contributed by atoms with Gasteiger partial charge >= 0.3 is 0 Å². The Bertz CT molecular complexity index is 151. The van der Waals surface area contributed by atoms with Crippen LogP contribution in [0.15, 0.2) is 30.3 Å². The summed E-state index contributed by atoms with van der Waals surface area (Å²) >= 11 is 3.86. The molecule has 2 heteroatoms. The topological polar surface area (TPSA) is 12.0 Å². The van der Waals surface area contributed by atoms with Crippen LogP contribution in [0.2, 0.25) is 0 Å². The van der Waals surface area contributed by atoms with Crippen molar-refractivity contribution in [2.75, 3.05) is 4.72 Å². The highest BCUT2D eigenvalue weighted by atomic mass is 32.1. The van der Waals surface area contributed by atoms with Crippen molar-refractivity contribution in [2.24, 2.45) is 0 Å². The first-order valence-corrected chi connectivity index (χ1v) is 3.83. The molecule has 0 aliphatic rings. The van der Waals surface area contributed by atoms with Gasteiger partial charge in [-0.05, 0) is 12.1 Å². The number of benzene rings is 1. The van der Waals surface area contributed by atoms with Crippen molar-refractivity contribution in [2.45, 2.75) is 21.3 Å². The molecule has 0 aliphatic carbocycles. The fourth-order valence-corrected chi connectivity index (χ4v) is 0.662. The second-order valence-electron chi connectivity index (χ2n) is 1.48. The van der Waals surface area contributed by atoms with Gasteiger partial charge in [0, 0.05) is 5.69 Å². The normalized spacial score (nSPS) is 6.82. The van der Waals surface area contributed by atoms with E-state index in [4.69, 9.17) is 0 Å². The van der Waals surface area contributed by atoms with Crippen molar-refractivity contribution < 1.29 is 0 Å². The van der Waals surface area contributed by atoms with Gasteiger partial charge in [0.05, 0.1) is 0 Å². The summed E-state index contributed by atoms with van der Waals surface area (Å²) in [7, 11) is 0. The molecule has 1 aromatic rings. The second kappa shape index (κ2) is 9.37. The van der Waals surface area contributed by atoms with Crippen LogP contribution in [0.25, 0.3) is 0 Å². The zero-order valence-corrected chi connectivity index (χ0v) is 7.23. The maximum Gasteiger partial charge on any atom is 0.0437 e. The number of hydrogen-bond donors (Lipinski definition) is 2. The van der Waals surface area contributed by atoms with E-state index >= 15 is 0 Å². The van der Waals surface area contributed by atoms with Gasteiger partial charge in [-0.2, -0.15) is 0 Å². The van der Waals surface area contributed by atoms with E-state index in [9.17, 15) is 0 Å². The molecule has 0 spiro atoms. The highest BCUT2D eigenvalue weighted by Crippen LogP contribution is 2.04. The zero-order valence-electron chi connectivity index (χ0n) is 6.33. The predicted molar refractivity (Wildman–Crippen MR) is 57.1 cm³/mol. The molecule has 0 fully saturated rings. The van der Waals surface area contributed by atoms with Crippen molar-refractivity contribution in [3.05, 3.63) is 30.3 Å². The Kier molecular flexibility index (Phi) is 11.1. The van der Waals surface area contributed by atoms with Crippen LogP contribution in [-0.2, 0) is 0 Å². The summed E-state index contributed by atoms with van der Waals surface area (Å²) in [5.74, 6) is 0. The largest absolute Gasteiger partial charge is 0.332 e. The molecule has 64 valence electrons. The molecule has 1 nitrogen and oxygen atoms in total. The lowest BCUT2D eigenvalue weighted by atomic mass is 10.3. The summed E-state index contributed by atoms with van der Waals surface area (Å²) in [6.07, 6.45) is 0. The van der Waals surface area contributed by atoms with Gasteiger partial charge < -0.3 is 4.72 Å². The molecule has 11 heavy (non-hydrogen) atoms. The molecule has 0 saturated heterocycles. The summed E-state index contributed by atoms with van der Waals surface area (Å²) in [6.45, 7) is 4.00. The van der Waals surface area contributed by atoms with Crippen molar-refractivity contribution in [3.63, 3.8) is 0 Å². The first-order valence-electron chi connectivity index (χ1n) is 3.38. The Hall–Kier alpha value is -0.630. The smallest absolute Gasteiger partial charge is 0.0437 e. The first kappa shape index (κ1) is 13.0. The van der Waals surface area contributed by atoms with E-state index in [0.29, 0.717) is 0 Å². The van der Waals surface area contributed by atoms with Crippen LogP contribution in [0.3, 0.4) is 0 Å². The minimum atomic E-state index is 0. The van der Waals surface area contributed by atoms with Gasteiger partial charge in [-0.3, -0.25) is 0 Å². The van der Waals surface area contributed by atoms with E-state index in [-0.39, 0.29) is 7.43 Å². The summed E-state index contributed by atoms with van der Waals surface area (Å²) in [4.78, 5) is 0. The number of para-hydroxylation sites is 1. The Labute approximate surface area is 75.4 Å². The zero-order chi connectivity index (χ0) is 7.82. The maximum absolute atomic E-state index is 3.86. The molecule has 1 rings (SSSR count).